The first-order valence-corrected chi connectivity index (χ1v) is 13.5. The lowest BCUT2D eigenvalue weighted by atomic mass is 10.1. The van der Waals surface area contributed by atoms with E-state index in [9.17, 15) is 13.2 Å². The zero-order chi connectivity index (χ0) is 23.8. The fraction of sp³-hybridized carbons (Fsp3) is 0.269. The molecule has 0 unspecified atom stereocenters. The maximum absolute atomic E-state index is 13.5. The van der Waals surface area contributed by atoms with E-state index in [4.69, 9.17) is 0 Å². The molecule has 0 radical (unpaired) electrons. The average molecular weight is 483 g/mol. The van der Waals surface area contributed by atoms with Crippen LogP contribution < -0.4 is 9.62 Å². The predicted molar refractivity (Wildman–Crippen MR) is 136 cm³/mol. The number of amides is 1. The first-order chi connectivity index (χ1) is 15.8. The van der Waals surface area contributed by atoms with Crippen LogP contribution in [-0.2, 0) is 21.2 Å². The summed E-state index contributed by atoms with van der Waals surface area (Å²) in [6.07, 6.45) is 3.54. The maximum Gasteiger partial charge on any atom is 0.264 e. The minimum absolute atomic E-state index is 0.0823. The van der Waals surface area contributed by atoms with Crippen molar-refractivity contribution in [2.45, 2.75) is 42.5 Å². The van der Waals surface area contributed by atoms with Crippen LogP contribution in [0.4, 0.5) is 5.69 Å². The van der Waals surface area contributed by atoms with E-state index in [1.807, 2.05) is 50.4 Å². The van der Waals surface area contributed by atoms with Gasteiger partial charge in [0, 0.05) is 10.9 Å². The van der Waals surface area contributed by atoms with Gasteiger partial charge in [0.25, 0.3) is 10.0 Å². The topological polar surface area (TPSA) is 66.5 Å². The Labute approximate surface area is 201 Å². The van der Waals surface area contributed by atoms with E-state index in [2.05, 4.69) is 17.4 Å². The van der Waals surface area contributed by atoms with Gasteiger partial charge in [0.15, 0.2) is 0 Å². The molecule has 0 saturated carbocycles. The van der Waals surface area contributed by atoms with Gasteiger partial charge in [-0.2, -0.15) is 0 Å². The van der Waals surface area contributed by atoms with E-state index >= 15 is 0 Å². The first-order valence-electron chi connectivity index (χ1n) is 10.9. The van der Waals surface area contributed by atoms with Gasteiger partial charge >= 0.3 is 0 Å². The van der Waals surface area contributed by atoms with E-state index in [0.717, 1.165) is 23.3 Å². The van der Waals surface area contributed by atoms with Crippen molar-refractivity contribution >= 4 is 33.4 Å². The highest BCUT2D eigenvalue weighted by atomic mass is 32.2. The largest absolute Gasteiger partial charge is 0.352 e. The summed E-state index contributed by atoms with van der Waals surface area (Å²) in [6, 6.07) is 23.9. The lowest BCUT2D eigenvalue weighted by Gasteiger charge is -2.25. The number of benzene rings is 3. The van der Waals surface area contributed by atoms with Gasteiger partial charge in [0.05, 0.1) is 10.6 Å². The molecule has 0 aliphatic heterocycles. The molecule has 5 nitrogen and oxygen atoms in total. The van der Waals surface area contributed by atoms with Crippen LogP contribution >= 0.6 is 11.8 Å². The number of nitrogens with zero attached hydrogens (tertiary/aromatic N) is 1. The highest BCUT2D eigenvalue weighted by molar-refractivity contribution is 7.98. The van der Waals surface area contributed by atoms with Gasteiger partial charge in [-0.25, -0.2) is 8.42 Å². The molecule has 174 valence electrons. The van der Waals surface area contributed by atoms with Gasteiger partial charge in [-0.05, 0) is 74.9 Å². The highest BCUT2D eigenvalue weighted by Gasteiger charge is 2.27. The average Bonchev–Trinajstić information content (AvgIpc) is 2.82. The van der Waals surface area contributed by atoms with Crippen molar-refractivity contribution in [3.8, 4) is 0 Å². The van der Waals surface area contributed by atoms with Crippen molar-refractivity contribution in [2.24, 2.45) is 0 Å². The third kappa shape index (κ3) is 6.85. The zero-order valence-electron chi connectivity index (χ0n) is 19.2. The van der Waals surface area contributed by atoms with Crippen molar-refractivity contribution in [3.63, 3.8) is 0 Å². The Morgan fingerprint density at radius 3 is 2.21 bits per heavy atom. The second-order valence-corrected chi connectivity index (χ2v) is 10.8. The van der Waals surface area contributed by atoms with Crippen LogP contribution in [0.3, 0.4) is 0 Å². The molecule has 0 spiro atoms. The van der Waals surface area contributed by atoms with E-state index in [1.165, 1.54) is 9.87 Å². The Hall–Kier alpha value is -2.77. The van der Waals surface area contributed by atoms with Gasteiger partial charge in [0.1, 0.15) is 6.54 Å². The molecule has 33 heavy (non-hydrogen) atoms. The number of carbonyl (C=O) groups is 1. The van der Waals surface area contributed by atoms with E-state index in [-0.39, 0.29) is 23.4 Å². The Morgan fingerprint density at radius 1 is 0.970 bits per heavy atom. The summed E-state index contributed by atoms with van der Waals surface area (Å²) in [4.78, 5) is 14.0. The molecule has 1 N–H and O–H groups in total. The second kappa shape index (κ2) is 11.4. The summed E-state index contributed by atoms with van der Waals surface area (Å²) < 4.78 is 28.2. The fourth-order valence-electron chi connectivity index (χ4n) is 3.45. The molecule has 1 amide bonds. The molecule has 7 heteroatoms. The molecule has 3 aromatic carbocycles. The number of carbonyl (C=O) groups excluding carboxylic acids is 1. The van der Waals surface area contributed by atoms with Gasteiger partial charge < -0.3 is 5.32 Å². The Balaban J connectivity index is 1.76. The molecule has 0 aromatic heterocycles. The fourth-order valence-corrected chi connectivity index (χ4v) is 5.28. The minimum atomic E-state index is -3.91. The quantitative estimate of drug-likeness (QED) is 0.411. The number of hydrogen-bond acceptors (Lipinski definition) is 4. The van der Waals surface area contributed by atoms with E-state index < -0.39 is 10.0 Å². The Bertz CT molecular complexity index is 1150. The lowest BCUT2D eigenvalue weighted by Crippen LogP contribution is -2.43. The van der Waals surface area contributed by atoms with Crippen LogP contribution in [0.1, 0.15) is 24.5 Å². The standard InChI is InChI=1S/C26H30N2O3S2/c1-20-9-13-23(14-10-20)28(33(30,31)25-17-15-24(32-3)16-18-25)19-26(29)27-21(2)11-12-22-7-5-4-6-8-22/h4-10,13-18,21H,11-12,19H2,1-3H3,(H,27,29)/t21-/m0/s1. The predicted octanol–water partition coefficient (Wildman–Crippen LogP) is 5.05. The van der Waals surface area contributed by atoms with Gasteiger partial charge in [-0.15, -0.1) is 11.8 Å². The third-order valence-electron chi connectivity index (χ3n) is 5.37. The van der Waals surface area contributed by atoms with Gasteiger partial charge in [0.2, 0.25) is 5.91 Å². The molecule has 0 heterocycles. The number of thioether (sulfide) groups is 1. The maximum atomic E-state index is 13.5. The molecule has 0 saturated heterocycles. The molecule has 0 aliphatic carbocycles. The number of rotatable bonds is 10. The lowest BCUT2D eigenvalue weighted by molar-refractivity contribution is -0.120. The number of nitrogens with one attached hydrogen (secondary N) is 1. The molecule has 3 rings (SSSR count). The number of anilines is 1. The summed E-state index contributed by atoms with van der Waals surface area (Å²) in [5.74, 6) is -0.333. The zero-order valence-corrected chi connectivity index (χ0v) is 20.8. The van der Waals surface area contributed by atoms with Crippen molar-refractivity contribution in [1.82, 2.24) is 5.32 Å². The summed E-state index contributed by atoms with van der Waals surface area (Å²) in [5, 5.41) is 2.96. The Morgan fingerprint density at radius 2 is 1.61 bits per heavy atom. The van der Waals surface area contributed by atoms with Crippen molar-refractivity contribution in [1.29, 1.82) is 0 Å². The molecule has 1 atom stereocenters. The molecule has 3 aromatic rings. The summed E-state index contributed by atoms with van der Waals surface area (Å²) in [6.45, 7) is 3.59. The van der Waals surface area contributed by atoms with Crippen LogP contribution in [-0.4, -0.2) is 33.2 Å². The van der Waals surface area contributed by atoms with Crippen LogP contribution in [0.25, 0.3) is 0 Å². The van der Waals surface area contributed by atoms with E-state index in [0.29, 0.717) is 5.69 Å². The smallest absolute Gasteiger partial charge is 0.264 e. The van der Waals surface area contributed by atoms with Crippen LogP contribution in [0.15, 0.2) is 88.7 Å². The van der Waals surface area contributed by atoms with Crippen molar-refractivity contribution < 1.29 is 13.2 Å². The van der Waals surface area contributed by atoms with Crippen LogP contribution in [0, 0.1) is 6.92 Å². The molecular formula is C26H30N2O3S2. The van der Waals surface area contributed by atoms with Crippen molar-refractivity contribution in [3.05, 3.63) is 90.0 Å². The monoisotopic (exact) mass is 482 g/mol. The summed E-state index contributed by atoms with van der Waals surface area (Å²) >= 11 is 1.54. The molecule has 0 bridgehead atoms. The van der Waals surface area contributed by atoms with Crippen LogP contribution in [0.2, 0.25) is 0 Å². The summed E-state index contributed by atoms with van der Waals surface area (Å²) in [5.41, 5.74) is 2.68. The van der Waals surface area contributed by atoms with Gasteiger partial charge in [-0.1, -0.05) is 48.0 Å². The number of hydrogen-bond donors (Lipinski definition) is 1. The number of aryl methyl sites for hydroxylation is 2. The van der Waals surface area contributed by atoms with Gasteiger partial charge in [-0.3, -0.25) is 9.10 Å². The Kier molecular flexibility index (Phi) is 8.58. The third-order valence-corrected chi connectivity index (χ3v) is 7.90. The normalized spacial score (nSPS) is 12.2. The summed E-state index contributed by atoms with van der Waals surface area (Å²) in [7, 11) is -3.91. The first kappa shape index (κ1) is 24.9. The van der Waals surface area contributed by atoms with Crippen LogP contribution in [0.5, 0.6) is 0 Å². The van der Waals surface area contributed by atoms with E-state index in [1.54, 1.807) is 48.2 Å². The molecular weight excluding hydrogens is 452 g/mol. The molecule has 0 aliphatic rings. The molecule has 0 fully saturated rings. The highest BCUT2D eigenvalue weighted by Crippen LogP contribution is 2.25. The SMILES string of the molecule is CSc1ccc(S(=O)(=O)N(CC(=O)N[C@@H](C)CCc2ccccc2)c2ccc(C)cc2)cc1. The van der Waals surface area contributed by atoms with Crippen molar-refractivity contribution in [2.75, 3.05) is 17.1 Å². The number of sulfonamides is 1. The minimum Gasteiger partial charge on any atom is -0.352 e. The second-order valence-electron chi connectivity index (χ2n) is 8.02.